The van der Waals surface area contributed by atoms with Gasteiger partial charge < -0.3 is 10.1 Å². The Morgan fingerprint density at radius 1 is 1.24 bits per heavy atom. The van der Waals surface area contributed by atoms with E-state index in [2.05, 4.69) is 15.8 Å². The van der Waals surface area contributed by atoms with E-state index >= 15 is 0 Å². The second kappa shape index (κ2) is 8.79. The highest BCUT2D eigenvalue weighted by molar-refractivity contribution is 6.33. The first-order chi connectivity index (χ1) is 12.0. The van der Waals surface area contributed by atoms with Crippen molar-refractivity contribution in [3.63, 3.8) is 0 Å². The van der Waals surface area contributed by atoms with Crippen molar-refractivity contribution >= 4 is 29.6 Å². The van der Waals surface area contributed by atoms with Crippen LogP contribution in [0, 0.1) is 5.82 Å². The van der Waals surface area contributed by atoms with E-state index in [0.29, 0.717) is 5.75 Å². The molecular formula is C17H15ClFN3O3. The van der Waals surface area contributed by atoms with Gasteiger partial charge in [0.1, 0.15) is 11.6 Å². The fourth-order valence-corrected chi connectivity index (χ4v) is 2.12. The minimum absolute atomic E-state index is 0.0320. The Balaban J connectivity index is 1.84. The predicted octanol–water partition coefficient (Wildman–Crippen LogP) is 2.37. The van der Waals surface area contributed by atoms with E-state index in [4.69, 9.17) is 16.3 Å². The Morgan fingerprint density at radius 3 is 2.60 bits per heavy atom. The number of carbonyl (C=O) groups excluding carboxylic acids is 2. The van der Waals surface area contributed by atoms with E-state index in [9.17, 15) is 14.0 Å². The standard InChI is InChI=1S/C17H15ClFN3O3/c1-25-12-7-5-11(6-8-12)9-21-22-15(23)10-20-17(24)16-13(18)3-2-4-14(16)19/h2-9H,10H2,1H3,(H,20,24)(H,22,23)/b21-9+. The summed E-state index contributed by atoms with van der Waals surface area (Å²) in [6.45, 7) is -0.372. The van der Waals surface area contributed by atoms with E-state index in [1.165, 1.54) is 18.3 Å². The zero-order valence-electron chi connectivity index (χ0n) is 13.3. The Bertz CT molecular complexity index is 774. The SMILES string of the molecule is COc1ccc(/C=N/NC(=O)CNC(=O)c2c(F)cccc2Cl)cc1. The molecule has 0 aliphatic rings. The molecule has 0 aliphatic heterocycles. The van der Waals surface area contributed by atoms with Crippen LogP contribution < -0.4 is 15.5 Å². The van der Waals surface area contributed by atoms with Crippen molar-refractivity contribution < 1.29 is 18.7 Å². The third kappa shape index (κ3) is 5.29. The number of nitrogens with zero attached hydrogens (tertiary/aromatic N) is 1. The number of rotatable bonds is 6. The Kier molecular flexibility index (Phi) is 6.47. The van der Waals surface area contributed by atoms with Gasteiger partial charge in [0.25, 0.3) is 11.8 Å². The average molecular weight is 364 g/mol. The molecule has 0 spiro atoms. The molecule has 25 heavy (non-hydrogen) atoms. The van der Waals surface area contributed by atoms with Gasteiger partial charge in [0.15, 0.2) is 0 Å². The van der Waals surface area contributed by atoms with Crippen LogP contribution in [0.4, 0.5) is 4.39 Å². The molecule has 2 amide bonds. The first-order valence-electron chi connectivity index (χ1n) is 7.19. The van der Waals surface area contributed by atoms with E-state index in [0.717, 1.165) is 11.6 Å². The molecule has 0 saturated carbocycles. The highest BCUT2D eigenvalue weighted by Gasteiger charge is 2.16. The second-order valence-corrected chi connectivity index (χ2v) is 5.25. The molecule has 2 aromatic rings. The molecule has 2 aromatic carbocycles. The second-order valence-electron chi connectivity index (χ2n) is 4.85. The summed E-state index contributed by atoms with van der Waals surface area (Å²) in [7, 11) is 1.56. The molecule has 0 unspecified atom stereocenters. The third-order valence-electron chi connectivity index (χ3n) is 3.12. The van der Waals surface area contributed by atoms with Gasteiger partial charge in [-0.25, -0.2) is 9.82 Å². The van der Waals surface area contributed by atoms with Gasteiger partial charge in [0.05, 0.1) is 30.5 Å². The summed E-state index contributed by atoms with van der Waals surface area (Å²) in [5.41, 5.74) is 2.70. The maximum atomic E-state index is 13.6. The smallest absolute Gasteiger partial charge is 0.259 e. The van der Waals surface area contributed by atoms with Crippen LogP contribution in [0.3, 0.4) is 0 Å². The lowest BCUT2D eigenvalue weighted by Gasteiger charge is -2.06. The van der Waals surface area contributed by atoms with Gasteiger partial charge >= 0.3 is 0 Å². The van der Waals surface area contributed by atoms with Crippen LogP contribution in [0.25, 0.3) is 0 Å². The summed E-state index contributed by atoms with van der Waals surface area (Å²) in [5.74, 6) is -1.40. The lowest BCUT2D eigenvalue weighted by Crippen LogP contribution is -2.35. The number of halogens is 2. The molecule has 0 aromatic heterocycles. The van der Waals surface area contributed by atoms with Crippen molar-refractivity contribution in [1.29, 1.82) is 0 Å². The number of methoxy groups -OCH3 is 1. The van der Waals surface area contributed by atoms with Crippen molar-refractivity contribution in [2.45, 2.75) is 0 Å². The highest BCUT2D eigenvalue weighted by atomic mass is 35.5. The summed E-state index contributed by atoms with van der Waals surface area (Å²) >= 11 is 5.78. The minimum Gasteiger partial charge on any atom is -0.497 e. The minimum atomic E-state index is -0.780. The van der Waals surface area contributed by atoms with E-state index < -0.39 is 17.6 Å². The van der Waals surface area contributed by atoms with Crippen LogP contribution in [0.2, 0.25) is 5.02 Å². The molecule has 0 radical (unpaired) electrons. The summed E-state index contributed by atoms with van der Waals surface area (Å²) in [6.07, 6.45) is 1.44. The van der Waals surface area contributed by atoms with E-state index in [1.54, 1.807) is 31.4 Å². The molecule has 6 nitrogen and oxygen atoms in total. The summed E-state index contributed by atoms with van der Waals surface area (Å²) in [6, 6.07) is 10.9. The molecule has 0 bridgehead atoms. The van der Waals surface area contributed by atoms with Crippen LogP contribution in [0.15, 0.2) is 47.6 Å². The fourth-order valence-electron chi connectivity index (χ4n) is 1.87. The van der Waals surface area contributed by atoms with Gasteiger partial charge in [-0.05, 0) is 42.0 Å². The maximum absolute atomic E-state index is 13.6. The predicted molar refractivity (Wildman–Crippen MR) is 92.5 cm³/mol. The van der Waals surface area contributed by atoms with Crippen molar-refractivity contribution in [3.8, 4) is 5.75 Å². The molecule has 0 saturated heterocycles. The summed E-state index contributed by atoms with van der Waals surface area (Å²) in [5, 5.41) is 6.01. The summed E-state index contributed by atoms with van der Waals surface area (Å²) < 4.78 is 18.6. The molecule has 130 valence electrons. The monoisotopic (exact) mass is 363 g/mol. The maximum Gasteiger partial charge on any atom is 0.259 e. The Morgan fingerprint density at radius 2 is 1.96 bits per heavy atom. The summed E-state index contributed by atoms with van der Waals surface area (Å²) in [4.78, 5) is 23.5. The molecule has 0 atom stereocenters. The number of hydrogen-bond acceptors (Lipinski definition) is 4. The zero-order valence-corrected chi connectivity index (χ0v) is 14.0. The fraction of sp³-hybridized carbons (Fsp3) is 0.118. The molecular weight excluding hydrogens is 349 g/mol. The average Bonchev–Trinajstić information content (AvgIpc) is 2.60. The molecule has 0 aliphatic carbocycles. The quantitative estimate of drug-likeness (QED) is 0.611. The number of hydrogen-bond donors (Lipinski definition) is 2. The number of hydrazone groups is 1. The normalized spacial score (nSPS) is 10.5. The molecule has 0 heterocycles. The lowest BCUT2D eigenvalue weighted by atomic mass is 10.2. The van der Waals surface area contributed by atoms with Crippen LogP contribution in [-0.4, -0.2) is 31.7 Å². The first-order valence-corrected chi connectivity index (χ1v) is 7.57. The molecule has 8 heteroatoms. The van der Waals surface area contributed by atoms with Gasteiger partial charge in [-0.2, -0.15) is 5.10 Å². The third-order valence-corrected chi connectivity index (χ3v) is 3.43. The Hall–Kier alpha value is -2.93. The van der Waals surface area contributed by atoms with E-state index in [-0.39, 0.29) is 17.1 Å². The largest absolute Gasteiger partial charge is 0.497 e. The van der Waals surface area contributed by atoms with Gasteiger partial charge in [0.2, 0.25) is 0 Å². The Labute approximate surface area is 148 Å². The van der Waals surface area contributed by atoms with Gasteiger partial charge in [-0.15, -0.1) is 0 Å². The van der Waals surface area contributed by atoms with Gasteiger partial charge in [0, 0.05) is 0 Å². The molecule has 0 fully saturated rings. The number of amides is 2. The van der Waals surface area contributed by atoms with Gasteiger partial charge in [-0.1, -0.05) is 17.7 Å². The topological polar surface area (TPSA) is 79.8 Å². The highest BCUT2D eigenvalue weighted by Crippen LogP contribution is 2.18. The van der Waals surface area contributed by atoms with Crippen molar-refractivity contribution in [3.05, 3.63) is 64.4 Å². The van der Waals surface area contributed by atoms with Crippen LogP contribution >= 0.6 is 11.6 Å². The number of nitrogens with one attached hydrogen (secondary N) is 2. The molecule has 2 N–H and O–H groups in total. The zero-order chi connectivity index (χ0) is 18.2. The van der Waals surface area contributed by atoms with Crippen LogP contribution in [-0.2, 0) is 4.79 Å². The van der Waals surface area contributed by atoms with Crippen molar-refractivity contribution in [2.24, 2.45) is 5.10 Å². The number of carbonyl (C=O) groups is 2. The van der Waals surface area contributed by atoms with Crippen molar-refractivity contribution in [2.75, 3.05) is 13.7 Å². The van der Waals surface area contributed by atoms with Gasteiger partial charge in [-0.3, -0.25) is 9.59 Å². The van der Waals surface area contributed by atoms with Crippen LogP contribution in [0.5, 0.6) is 5.75 Å². The van der Waals surface area contributed by atoms with E-state index in [1.807, 2.05) is 0 Å². The lowest BCUT2D eigenvalue weighted by molar-refractivity contribution is -0.120. The molecule has 2 rings (SSSR count). The van der Waals surface area contributed by atoms with Crippen LogP contribution in [0.1, 0.15) is 15.9 Å². The first kappa shape index (κ1) is 18.4. The van der Waals surface area contributed by atoms with Crippen molar-refractivity contribution in [1.82, 2.24) is 10.7 Å². The number of ether oxygens (including phenoxy) is 1. The number of benzene rings is 2.